The Morgan fingerprint density at radius 1 is 1.29 bits per heavy atom. The Morgan fingerprint density at radius 2 is 2.04 bits per heavy atom. The summed E-state index contributed by atoms with van der Waals surface area (Å²) in [6.45, 7) is 3.60. The van der Waals surface area contributed by atoms with E-state index in [9.17, 15) is 4.79 Å². The number of amides is 1. The minimum atomic E-state index is -0.784. The number of pyridine rings is 2. The number of nitrogens with two attached hydrogens (primary N) is 1. The standard InChI is InChI=1S/C17H17BrN4O2/c1-17(2,24-16(19)23)6-12-4-3-10(7-20-12)11-5-13-14(18)9-22-15(13)21-8-11/h3-5,7-9H,6H2,1-2H3,(H2,19,23)(H,21,22). The third-order valence-corrected chi connectivity index (χ3v) is 4.28. The van der Waals surface area contributed by atoms with Crippen molar-refractivity contribution in [2.75, 3.05) is 0 Å². The molecule has 0 aliphatic carbocycles. The van der Waals surface area contributed by atoms with Crippen LogP contribution in [0.1, 0.15) is 19.5 Å². The second kappa shape index (κ2) is 6.24. The zero-order valence-corrected chi connectivity index (χ0v) is 14.9. The van der Waals surface area contributed by atoms with Crippen LogP contribution in [0.4, 0.5) is 4.79 Å². The highest BCUT2D eigenvalue weighted by Crippen LogP contribution is 2.27. The van der Waals surface area contributed by atoms with Gasteiger partial charge in [0.05, 0.1) is 0 Å². The maximum Gasteiger partial charge on any atom is 0.405 e. The van der Waals surface area contributed by atoms with E-state index >= 15 is 0 Å². The Balaban J connectivity index is 1.83. The molecule has 3 aromatic rings. The monoisotopic (exact) mass is 388 g/mol. The van der Waals surface area contributed by atoms with Crippen molar-refractivity contribution in [3.05, 3.63) is 47.0 Å². The number of aromatic nitrogens is 3. The number of fused-ring (bicyclic) bond motifs is 1. The first kappa shape index (κ1) is 16.4. The topological polar surface area (TPSA) is 93.9 Å². The maximum absolute atomic E-state index is 10.9. The van der Waals surface area contributed by atoms with Gasteiger partial charge >= 0.3 is 6.09 Å². The number of nitrogens with one attached hydrogen (secondary N) is 1. The molecular formula is C17H17BrN4O2. The molecule has 3 heterocycles. The van der Waals surface area contributed by atoms with Gasteiger partial charge in [0.2, 0.25) is 0 Å². The highest BCUT2D eigenvalue weighted by atomic mass is 79.9. The number of primary amides is 1. The summed E-state index contributed by atoms with van der Waals surface area (Å²) in [5, 5.41) is 1.02. The van der Waals surface area contributed by atoms with Gasteiger partial charge in [-0.2, -0.15) is 0 Å². The van der Waals surface area contributed by atoms with Crippen LogP contribution >= 0.6 is 15.9 Å². The molecule has 0 bridgehead atoms. The van der Waals surface area contributed by atoms with Crippen molar-refractivity contribution >= 4 is 33.1 Å². The molecule has 6 nitrogen and oxygen atoms in total. The van der Waals surface area contributed by atoms with Gasteiger partial charge in [0, 0.05) is 51.7 Å². The van der Waals surface area contributed by atoms with Gasteiger partial charge in [0.25, 0.3) is 0 Å². The molecule has 3 aromatic heterocycles. The molecule has 0 unspecified atom stereocenters. The molecule has 0 radical (unpaired) electrons. The molecule has 7 heteroatoms. The molecule has 0 saturated carbocycles. The van der Waals surface area contributed by atoms with E-state index in [-0.39, 0.29) is 0 Å². The van der Waals surface area contributed by atoms with E-state index in [1.54, 1.807) is 20.0 Å². The van der Waals surface area contributed by atoms with Crippen LogP contribution in [0.25, 0.3) is 22.2 Å². The van der Waals surface area contributed by atoms with Crippen LogP contribution < -0.4 is 5.73 Å². The largest absolute Gasteiger partial charge is 0.443 e. The van der Waals surface area contributed by atoms with Crippen LogP contribution in [-0.2, 0) is 11.2 Å². The van der Waals surface area contributed by atoms with E-state index in [0.717, 1.165) is 32.3 Å². The van der Waals surface area contributed by atoms with Crippen molar-refractivity contribution < 1.29 is 9.53 Å². The molecular weight excluding hydrogens is 372 g/mol. The van der Waals surface area contributed by atoms with Gasteiger partial charge in [0.15, 0.2) is 0 Å². The number of hydrogen-bond donors (Lipinski definition) is 2. The van der Waals surface area contributed by atoms with Gasteiger partial charge < -0.3 is 15.5 Å². The Morgan fingerprint density at radius 3 is 2.71 bits per heavy atom. The van der Waals surface area contributed by atoms with Crippen LogP contribution in [0.2, 0.25) is 0 Å². The maximum atomic E-state index is 10.9. The van der Waals surface area contributed by atoms with Gasteiger partial charge in [-0.05, 0) is 41.9 Å². The average Bonchev–Trinajstić information content (AvgIpc) is 2.87. The Labute approximate surface area is 147 Å². The van der Waals surface area contributed by atoms with E-state index in [4.69, 9.17) is 10.5 Å². The third kappa shape index (κ3) is 3.56. The number of nitrogens with zero attached hydrogens (tertiary/aromatic N) is 2. The number of rotatable bonds is 4. The number of carbonyl (C=O) groups is 1. The normalized spacial score (nSPS) is 11.6. The average molecular weight is 389 g/mol. The zero-order valence-electron chi connectivity index (χ0n) is 13.3. The molecule has 1 amide bonds. The first-order chi connectivity index (χ1) is 11.3. The number of hydrogen-bond acceptors (Lipinski definition) is 4. The highest BCUT2D eigenvalue weighted by Gasteiger charge is 2.22. The lowest BCUT2D eigenvalue weighted by Crippen LogP contribution is -2.33. The van der Waals surface area contributed by atoms with Crippen LogP contribution in [0.15, 0.2) is 41.3 Å². The van der Waals surface area contributed by atoms with Crippen molar-refractivity contribution in [3.63, 3.8) is 0 Å². The molecule has 0 atom stereocenters. The summed E-state index contributed by atoms with van der Waals surface area (Å²) in [6, 6.07) is 5.95. The summed E-state index contributed by atoms with van der Waals surface area (Å²) in [4.78, 5) is 22.9. The van der Waals surface area contributed by atoms with Crippen molar-refractivity contribution in [2.24, 2.45) is 5.73 Å². The van der Waals surface area contributed by atoms with Crippen LogP contribution in [0, 0.1) is 0 Å². The Kier molecular flexibility index (Phi) is 4.28. The SMILES string of the molecule is CC(C)(Cc1ccc(-c2cnc3[nH]cc(Br)c3c2)cn1)OC(N)=O. The van der Waals surface area contributed by atoms with Crippen LogP contribution in [0.5, 0.6) is 0 Å². The van der Waals surface area contributed by atoms with E-state index in [1.807, 2.05) is 24.5 Å². The predicted octanol–water partition coefficient (Wildman–Crippen LogP) is 3.80. The van der Waals surface area contributed by atoms with Crippen molar-refractivity contribution in [1.29, 1.82) is 0 Å². The number of ether oxygens (including phenoxy) is 1. The van der Waals surface area contributed by atoms with Gasteiger partial charge in [0.1, 0.15) is 11.2 Å². The number of H-pyrrole nitrogens is 1. The van der Waals surface area contributed by atoms with Crippen molar-refractivity contribution in [1.82, 2.24) is 15.0 Å². The molecule has 0 aromatic carbocycles. The van der Waals surface area contributed by atoms with Gasteiger partial charge in [-0.15, -0.1) is 0 Å². The fourth-order valence-corrected chi connectivity index (χ4v) is 2.99. The lowest BCUT2D eigenvalue weighted by atomic mass is 10.0. The molecule has 124 valence electrons. The number of halogens is 1. The van der Waals surface area contributed by atoms with E-state index in [0.29, 0.717) is 6.42 Å². The smallest absolute Gasteiger partial charge is 0.405 e. The molecule has 0 saturated heterocycles. The van der Waals surface area contributed by atoms with Crippen LogP contribution in [0.3, 0.4) is 0 Å². The van der Waals surface area contributed by atoms with Crippen molar-refractivity contribution in [2.45, 2.75) is 25.9 Å². The molecule has 0 aliphatic heterocycles. The molecule has 0 spiro atoms. The van der Waals surface area contributed by atoms with E-state index in [1.165, 1.54) is 0 Å². The minimum absolute atomic E-state index is 0.483. The first-order valence-electron chi connectivity index (χ1n) is 7.40. The van der Waals surface area contributed by atoms with Crippen molar-refractivity contribution in [3.8, 4) is 11.1 Å². The summed E-state index contributed by atoms with van der Waals surface area (Å²) < 4.78 is 6.06. The molecule has 0 aliphatic rings. The molecule has 3 rings (SSSR count). The fourth-order valence-electron chi connectivity index (χ4n) is 2.57. The quantitative estimate of drug-likeness (QED) is 0.710. The molecule has 24 heavy (non-hydrogen) atoms. The van der Waals surface area contributed by atoms with Crippen LogP contribution in [-0.4, -0.2) is 26.6 Å². The summed E-state index contributed by atoms with van der Waals surface area (Å²) >= 11 is 3.50. The second-order valence-corrected chi connectivity index (χ2v) is 7.01. The Bertz CT molecular complexity index is 887. The minimum Gasteiger partial charge on any atom is -0.443 e. The summed E-state index contributed by atoms with van der Waals surface area (Å²) in [5.74, 6) is 0. The summed E-state index contributed by atoms with van der Waals surface area (Å²) in [7, 11) is 0. The third-order valence-electron chi connectivity index (χ3n) is 3.62. The molecule has 0 fully saturated rings. The van der Waals surface area contributed by atoms with Gasteiger partial charge in [-0.3, -0.25) is 4.98 Å². The first-order valence-corrected chi connectivity index (χ1v) is 8.20. The van der Waals surface area contributed by atoms with E-state index < -0.39 is 11.7 Å². The molecule has 3 N–H and O–H groups in total. The Hall–Kier alpha value is -2.41. The lowest BCUT2D eigenvalue weighted by Gasteiger charge is -2.23. The van der Waals surface area contributed by atoms with Gasteiger partial charge in [-0.25, -0.2) is 9.78 Å². The fraction of sp³-hybridized carbons (Fsp3) is 0.235. The summed E-state index contributed by atoms with van der Waals surface area (Å²) in [6.07, 6.45) is 5.16. The summed E-state index contributed by atoms with van der Waals surface area (Å²) in [5.41, 5.74) is 7.99. The highest BCUT2D eigenvalue weighted by molar-refractivity contribution is 9.10. The zero-order chi connectivity index (χ0) is 17.3. The lowest BCUT2D eigenvalue weighted by molar-refractivity contribution is 0.0453. The van der Waals surface area contributed by atoms with E-state index in [2.05, 4.69) is 36.9 Å². The number of carbonyl (C=O) groups excluding carboxylic acids is 1. The predicted molar refractivity (Wildman–Crippen MR) is 95.5 cm³/mol. The number of aromatic amines is 1. The van der Waals surface area contributed by atoms with Gasteiger partial charge in [-0.1, -0.05) is 6.07 Å². The second-order valence-electron chi connectivity index (χ2n) is 6.15.